The summed E-state index contributed by atoms with van der Waals surface area (Å²) in [6.07, 6.45) is 4.61. The minimum absolute atomic E-state index is 0.171. The first-order valence-electron chi connectivity index (χ1n) is 10.6. The Morgan fingerprint density at radius 2 is 1.74 bits per heavy atom. The van der Waals surface area contributed by atoms with Crippen molar-refractivity contribution in [1.29, 1.82) is 0 Å². The number of nitrogens with zero attached hydrogens (tertiary/aromatic N) is 1. The van der Waals surface area contributed by atoms with Gasteiger partial charge < -0.3 is 10.6 Å². The highest BCUT2D eigenvalue weighted by Gasteiger charge is 2.33. The van der Waals surface area contributed by atoms with E-state index in [1.54, 1.807) is 21.8 Å². The zero-order valence-corrected chi connectivity index (χ0v) is 19.1. The molecule has 0 bridgehead atoms. The molecule has 0 radical (unpaired) electrons. The smallest absolute Gasteiger partial charge is 0.309 e. The van der Waals surface area contributed by atoms with E-state index in [0.717, 1.165) is 32.1 Å². The van der Waals surface area contributed by atoms with Crippen molar-refractivity contribution >= 4 is 33.2 Å². The van der Waals surface area contributed by atoms with Gasteiger partial charge in [-0.05, 0) is 49.1 Å². The van der Waals surface area contributed by atoms with Gasteiger partial charge in [0.25, 0.3) is 10.0 Å². The Balaban J connectivity index is 1.40. The normalized spacial score (nSPS) is 17.2. The van der Waals surface area contributed by atoms with Crippen LogP contribution in [0.25, 0.3) is 0 Å². The third-order valence-corrected chi connectivity index (χ3v) is 8.70. The highest BCUT2D eigenvalue weighted by molar-refractivity contribution is 7.91. The summed E-state index contributed by atoms with van der Waals surface area (Å²) < 4.78 is 27.7. The van der Waals surface area contributed by atoms with E-state index in [-0.39, 0.29) is 12.6 Å². The number of hydrogen-bond donors (Lipinski definition) is 2. The molecule has 3 rings (SSSR count). The molecule has 9 heteroatoms. The Morgan fingerprint density at radius 3 is 2.45 bits per heavy atom. The zero-order valence-electron chi connectivity index (χ0n) is 17.5. The van der Waals surface area contributed by atoms with Gasteiger partial charge in [0.05, 0.1) is 0 Å². The first-order chi connectivity index (χ1) is 15.0. The number of piperidine rings is 1. The van der Waals surface area contributed by atoms with Crippen molar-refractivity contribution in [3.05, 3.63) is 53.4 Å². The van der Waals surface area contributed by atoms with Crippen molar-refractivity contribution in [3.63, 3.8) is 0 Å². The lowest BCUT2D eigenvalue weighted by Crippen LogP contribution is -2.46. The van der Waals surface area contributed by atoms with Gasteiger partial charge in [0.2, 0.25) is 0 Å². The van der Waals surface area contributed by atoms with E-state index < -0.39 is 21.8 Å². The van der Waals surface area contributed by atoms with Crippen LogP contribution in [-0.2, 0) is 26.0 Å². The van der Waals surface area contributed by atoms with Gasteiger partial charge in [-0.2, -0.15) is 4.31 Å². The Hall–Kier alpha value is -2.23. The number of benzene rings is 1. The molecule has 1 aromatic carbocycles. The first kappa shape index (κ1) is 23.4. The Morgan fingerprint density at radius 1 is 1.00 bits per heavy atom. The van der Waals surface area contributed by atoms with Crippen molar-refractivity contribution in [2.45, 2.75) is 48.8 Å². The standard InChI is InChI=1S/C22H29N3O4S2/c26-21(23-14-6-10-18-8-2-1-3-9-18)22(27)24-15-13-19-11-4-5-16-25(19)31(28,29)20-12-7-17-30-20/h1-3,7-9,12,17,19H,4-6,10-11,13-16H2,(H,23,26)(H,24,27). The number of hydrogen-bond acceptors (Lipinski definition) is 5. The van der Waals surface area contributed by atoms with E-state index >= 15 is 0 Å². The van der Waals surface area contributed by atoms with Crippen molar-refractivity contribution in [2.24, 2.45) is 0 Å². The van der Waals surface area contributed by atoms with Crippen LogP contribution < -0.4 is 10.6 Å². The number of carbonyl (C=O) groups is 2. The van der Waals surface area contributed by atoms with Crippen LogP contribution in [0, 0.1) is 0 Å². The summed E-state index contributed by atoms with van der Waals surface area (Å²) in [5.74, 6) is -1.33. The van der Waals surface area contributed by atoms with E-state index in [1.165, 1.54) is 16.9 Å². The Kier molecular flexibility index (Phi) is 8.62. The lowest BCUT2D eigenvalue weighted by atomic mass is 10.0. The van der Waals surface area contributed by atoms with Gasteiger partial charge in [-0.1, -0.05) is 42.8 Å². The van der Waals surface area contributed by atoms with E-state index in [9.17, 15) is 18.0 Å². The molecule has 1 aliphatic rings. The highest BCUT2D eigenvalue weighted by Crippen LogP contribution is 2.28. The molecule has 0 spiro atoms. The zero-order chi connectivity index (χ0) is 22.1. The third-order valence-electron chi connectivity index (χ3n) is 5.37. The van der Waals surface area contributed by atoms with Gasteiger partial charge in [-0.25, -0.2) is 8.42 Å². The molecule has 1 unspecified atom stereocenters. The monoisotopic (exact) mass is 463 g/mol. The molecule has 31 heavy (non-hydrogen) atoms. The topological polar surface area (TPSA) is 95.6 Å². The predicted octanol–water partition coefficient (Wildman–Crippen LogP) is 2.55. The SMILES string of the molecule is O=C(NCCCc1ccccc1)C(=O)NCCC1CCCCN1S(=O)(=O)c1cccs1. The van der Waals surface area contributed by atoms with Gasteiger partial charge in [0.1, 0.15) is 4.21 Å². The maximum Gasteiger partial charge on any atom is 0.309 e. The van der Waals surface area contributed by atoms with Gasteiger partial charge in [-0.15, -0.1) is 11.3 Å². The number of sulfonamides is 1. The third kappa shape index (κ3) is 6.62. The molecule has 1 atom stereocenters. The maximum atomic E-state index is 12.9. The molecule has 2 aromatic rings. The van der Waals surface area contributed by atoms with Crippen LogP contribution in [-0.4, -0.2) is 50.2 Å². The van der Waals surface area contributed by atoms with Crippen molar-refractivity contribution in [3.8, 4) is 0 Å². The van der Waals surface area contributed by atoms with Crippen LogP contribution in [0.4, 0.5) is 0 Å². The quantitative estimate of drug-likeness (QED) is 0.441. The second kappa shape index (κ2) is 11.4. The molecule has 1 aromatic heterocycles. The van der Waals surface area contributed by atoms with E-state index in [1.807, 2.05) is 30.3 Å². The molecule has 1 saturated heterocycles. The molecule has 2 heterocycles. The summed E-state index contributed by atoms with van der Waals surface area (Å²) >= 11 is 1.21. The maximum absolute atomic E-state index is 12.9. The predicted molar refractivity (Wildman–Crippen MR) is 121 cm³/mol. The number of aryl methyl sites for hydroxylation is 1. The number of rotatable bonds is 9. The van der Waals surface area contributed by atoms with Crippen LogP contribution in [0.2, 0.25) is 0 Å². The second-order valence-electron chi connectivity index (χ2n) is 7.59. The molecule has 0 saturated carbocycles. The summed E-state index contributed by atoms with van der Waals surface area (Å²) in [6.45, 7) is 1.18. The minimum atomic E-state index is -3.51. The number of nitrogens with one attached hydrogen (secondary N) is 2. The van der Waals surface area contributed by atoms with Crippen LogP contribution in [0.3, 0.4) is 0 Å². The molecule has 168 valence electrons. The van der Waals surface area contributed by atoms with Crippen LogP contribution in [0.5, 0.6) is 0 Å². The molecule has 1 fully saturated rings. The van der Waals surface area contributed by atoms with Crippen LogP contribution in [0.15, 0.2) is 52.1 Å². The van der Waals surface area contributed by atoms with Crippen molar-refractivity contribution in [2.75, 3.05) is 19.6 Å². The second-order valence-corrected chi connectivity index (χ2v) is 10.7. The number of carbonyl (C=O) groups excluding carboxylic acids is 2. The van der Waals surface area contributed by atoms with Gasteiger partial charge >= 0.3 is 11.8 Å². The number of thiophene rings is 1. The number of amides is 2. The fraction of sp³-hybridized carbons (Fsp3) is 0.455. The average molecular weight is 464 g/mol. The summed E-state index contributed by atoms with van der Waals surface area (Å²) in [5.41, 5.74) is 1.19. The van der Waals surface area contributed by atoms with Crippen LogP contribution >= 0.6 is 11.3 Å². The van der Waals surface area contributed by atoms with Crippen molar-refractivity contribution in [1.82, 2.24) is 14.9 Å². The fourth-order valence-electron chi connectivity index (χ4n) is 3.76. The molecule has 2 N–H and O–H groups in total. The lowest BCUT2D eigenvalue weighted by Gasteiger charge is -2.34. The highest BCUT2D eigenvalue weighted by atomic mass is 32.2. The molecule has 2 amide bonds. The van der Waals surface area contributed by atoms with Gasteiger partial charge in [-0.3, -0.25) is 9.59 Å². The first-order valence-corrected chi connectivity index (χ1v) is 13.0. The Labute approximate surface area is 187 Å². The largest absolute Gasteiger partial charge is 0.348 e. The Bertz CT molecular complexity index is 946. The van der Waals surface area contributed by atoms with E-state index in [0.29, 0.717) is 23.7 Å². The van der Waals surface area contributed by atoms with E-state index in [2.05, 4.69) is 10.6 Å². The lowest BCUT2D eigenvalue weighted by molar-refractivity contribution is -0.139. The van der Waals surface area contributed by atoms with Crippen LogP contribution in [0.1, 0.15) is 37.7 Å². The van der Waals surface area contributed by atoms with Gasteiger partial charge in [0, 0.05) is 25.7 Å². The summed E-state index contributed by atoms with van der Waals surface area (Å²) in [7, 11) is -3.51. The fourth-order valence-corrected chi connectivity index (χ4v) is 6.60. The average Bonchev–Trinajstić information content (AvgIpc) is 3.33. The molecule has 0 aliphatic carbocycles. The summed E-state index contributed by atoms with van der Waals surface area (Å²) in [6, 6.07) is 13.1. The molecule has 7 nitrogen and oxygen atoms in total. The molecular formula is C22H29N3O4S2. The molecule has 1 aliphatic heterocycles. The summed E-state index contributed by atoms with van der Waals surface area (Å²) in [4.78, 5) is 24.0. The molecular weight excluding hydrogens is 434 g/mol. The van der Waals surface area contributed by atoms with Gasteiger partial charge in [0.15, 0.2) is 0 Å². The summed E-state index contributed by atoms with van der Waals surface area (Å²) in [5, 5.41) is 7.02. The van der Waals surface area contributed by atoms with Crippen molar-refractivity contribution < 1.29 is 18.0 Å². The van der Waals surface area contributed by atoms with E-state index in [4.69, 9.17) is 0 Å². The minimum Gasteiger partial charge on any atom is -0.348 e.